The van der Waals surface area contributed by atoms with Gasteiger partial charge in [-0.25, -0.2) is 0 Å². The third-order valence-corrected chi connectivity index (χ3v) is 2.58. The van der Waals surface area contributed by atoms with Crippen LogP contribution in [-0.4, -0.2) is 70.5 Å². The fourth-order valence-electron chi connectivity index (χ4n) is 1.38. The molecule has 0 spiro atoms. The second-order valence-corrected chi connectivity index (χ2v) is 4.44. The molecule has 1 unspecified atom stereocenters. The van der Waals surface area contributed by atoms with Crippen LogP contribution in [0.3, 0.4) is 0 Å². The zero-order valence-electron chi connectivity index (χ0n) is 11.6. The summed E-state index contributed by atoms with van der Waals surface area (Å²) in [6.45, 7) is -0.920. The number of ether oxygens (including phenoxy) is 1. The number of aliphatic carboxylic acids is 3. The van der Waals surface area contributed by atoms with Crippen molar-refractivity contribution in [1.82, 2.24) is 5.32 Å². The summed E-state index contributed by atoms with van der Waals surface area (Å²) in [7, 11) is 0. The van der Waals surface area contributed by atoms with E-state index in [4.69, 9.17) is 31.5 Å². The first kappa shape index (κ1) is 19.8. The predicted molar refractivity (Wildman–Crippen MR) is 70.8 cm³/mol. The van der Waals surface area contributed by atoms with E-state index in [2.05, 4.69) is 5.32 Å². The highest BCUT2D eigenvalue weighted by Gasteiger charge is 2.26. The lowest BCUT2D eigenvalue weighted by Gasteiger charge is -2.20. The van der Waals surface area contributed by atoms with E-state index in [0.29, 0.717) is 0 Å². The number of nitrogens with two attached hydrogens (primary N) is 2. The summed E-state index contributed by atoms with van der Waals surface area (Å²) >= 11 is 0. The van der Waals surface area contributed by atoms with Gasteiger partial charge in [0.1, 0.15) is 18.1 Å². The minimum absolute atomic E-state index is 0.191. The van der Waals surface area contributed by atoms with Crippen molar-refractivity contribution in [3.05, 3.63) is 0 Å². The highest BCUT2D eigenvalue weighted by atomic mass is 16.5. The second kappa shape index (κ2) is 9.65. The molecule has 11 nitrogen and oxygen atoms in total. The van der Waals surface area contributed by atoms with Crippen molar-refractivity contribution in [3.63, 3.8) is 0 Å². The SMILES string of the molecule is NC(=O)CC[C@@H](N[C@@H](COCC(N)C(=O)O)C(=O)O)C(=O)O. The first-order valence-corrected chi connectivity index (χ1v) is 6.21. The highest BCUT2D eigenvalue weighted by Crippen LogP contribution is 2.01. The maximum atomic E-state index is 11.0. The molecule has 3 atom stereocenters. The first-order valence-electron chi connectivity index (χ1n) is 6.21. The molecule has 1 amide bonds. The van der Waals surface area contributed by atoms with Crippen LogP contribution in [0.5, 0.6) is 0 Å². The molecule has 0 aliphatic carbocycles. The number of primary amides is 1. The normalized spacial score (nSPS) is 14.8. The molecule has 0 aromatic carbocycles. The minimum atomic E-state index is -1.41. The van der Waals surface area contributed by atoms with Crippen molar-refractivity contribution in [2.24, 2.45) is 11.5 Å². The van der Waals surface area contributed by atoms with Crippen LogP contribution in [0.15, 0.2) is 0 Å². The Hall–Kier alpha value is -2.24. The van der Waals surface area contributed by atoms with Gasteiger partial charge < -0.3 is 31.5 Å². The number of rotatable bonds is 12. The molecule has 0 saturated heterocycles. The Balaban J connectivity index is 4.52. The zero-order chi connectivity index (χ0) is 17.3. The van der Waals surface area contributed by atoms with Crippen molar-refractivity contribution in [2.45, 2.75) is 31.0 Å². The van der Waals surface area contributed by atoms with E-state index in [0.717, 1.165) is 0 Å². The summed E-state index contributed by atoms with van der Waals surface area (Å²) in [6.07, 6.45) is -0.426. The standard InChI is InChI=1S/C11H19N3O8/c12-5(9(16)17)3-22-4-7(11(20)21)14-6(10(18)19)1-2-8(13)15/h5-7,14H,1-4,12H2,(H2,13,15)(H,16,17)(H,18,19)(H,20,21)/t5?,6-,7+/m1/s1. The number of hydrogen-bond donors (Lipinski definition) is 6. The molecule has 0 bridgehead atoms. The monoisotopic (exact) mass is 321 g/mol. The molecule has 0 radical (unpaired) electrons. The molecule has 0 saturated carbocycles. The summed E-state index contributed by atoms with van der Waals surface area (Å²) in [6, 6.07) is -4.04. The Kier molecular flexibility index (Phi) is 8.67. The van der Waals surface area contributed by atoms with E-state index in [9.17, 15) is 19.2 Å². The van der Waals surface area contributed by atoms with Crippen molar-refractivity contribution >= 4 is 23.8 Å². The maximum absolute atomic E-state index is 11.0. The molecule has 22 heavy (non-hydrogen) atoms. The van der Waals surface area contributed by atoms with Gasteiger partial charge in [0.2, 0.25) is 5.91 Å². The number of carbonyl (C=O) groups is 4. The quantitative estimate of drug-likeness (QED) is 0.217. The zero-order valence-corrected chi connectivity index (χ0v) is 11.6. The van der Waals surface area contributed by atoms with Crippen LogP contribution in [0, 0.1) is 0 Å². The number of carboxylic acid groups (broad SMARTS) is 3. The lowest BCUT2D eigenvalue weighted by Crippen LogP contribution is -2.50. The van der Waals surface area contributed by atoms with Gasteiger partial charge in [0.25, 0.3) is 0 Å². The molecule has 0 aromatic rings. The van der Waals surface area contributed by atoms with E-state index in [1.807, 2.05) is 0 Å². The number of amides is 1. The average Bonchev–Trinajstić information content (AvgIpc) is 2.39. The van der Waals surface area contributed by atoms with Crippen molar-refractivity contribution in [2.75, 3.05) is 13.2 Å². The van der Waals surface area contributed by atoms with Crippen molar-refractivity contribution < 1.29 is 39.2 Å². The number of carboxylic acids is 3. The molecule has 0 aromatic heterocycles. The van der Waals surface area contributed by atoms with E-state index in [1.54, 1.807) is 0 Å². The molecule has 126 valence electrons. The van der Waals surface area contributed by atoms with Gasteiger partial charge in [-0.1, -0.05) is 0 Å². The van der Waals surface area contributed by atoms with Gasteiger partial charge >= 0.3 is 17.9 Å². The summed E-state index contributed by atoms with van der Waals surface area (Å²) < 4.78 is 4.85. The average molecular weight is 321 g/mol. The molecule has 0 heterocycles. The third kappa shape index (κ3) is 8.14. The number of carbonyl (C=O) groups excluding carboxylic acids is 1. The van der Waals surface area contributed by atoms with E-state index in [-0.39, 0.29) is 12.8 Å². The van der Waals surface area contributed by atoms with Gasteiger partial charge in [0.05, 0.1) is 13.2 Å². The fraction of sp³-hybridized carbons (Fsp3) is 0.636. The molecule has 0 aliphatic rings. The Morgan fingerprint density at radius 1 is 0.955 bits per heavy atom. The maximum Gasteiger partial charge on any atom is 0.323 e. The molecule has 0 rings (SSSR count). The molecule has 0 fully saturated rings. The van der Waals surface area contributed by atoms with Gasteiger partial charge in [-0.3, -0.25) is 24.5 Å². The van der Waals surface area contributed by atoms with Gasteiger partial charge in [0, 0.05) is 6.42 Å². The summed E-state index contributed by atoms with van der Waals surface area (Å²) in [4.78, 5) is 43.1. The van der Waals surface area contributed by atoms with Crippen LogP contribution in [0.2, 0.25) is 0 Å². The van der Waals surface area contributed by atoms with Crippen LogP contribution in [0.4, 0.5) is 0 Å². The largest absolute Gasteiger partial charge is 0.480 e. The Labute approximate surface area is 125 Å². The Morgan fingerprint density at radius 3 is 1.91 bits per heavy atom. The summed E-state index contributed by atoms with van der Waals surface area (Å²) in [5.41, 5.74) is 10.1. The molecule has 0 aliphatic heterocycles. The van der Waals surface area contributed by atoms with Gasteiger partial charge in [0.15, 0.2) is 0 Å². The van der Waals surface area contributed by atoms with E-state index < -0.39 is 55.2 Å². The van der Waals surface area contributed by atoms with E-state index in [1.165, 1.54) is 0 Å². The van der Waals surface area contributed by atoms with Gasteiger partial charge in [-0.05, 0) is 6.42 Å². The Bertz CT molecular complexity index is 428. The molecule has 11 heteroatoms. The van der Waals surface area contributed by atoms with Gasteiger partial charge in [-0.15, -0.1) is 0 Å². The predicted octanol–water partition coefficient (Wildman–Crippen LogP) is -2.82. The smallest absolute Gasteiger partial charge is 0.323 e. The third-order valence-electron chi connectivity index (χ3n) is 2.58. The minimum Gasteiger partial charge on any atom is -0.480 e. The Morgan fingerprint density at radius 2 is 1.50 bits per heavy atom. The summed E-state index contributed by atoms with van der Waals surface area (Å²) in [5.74, 6) is -4.78. The van der Waals surface area contributed by atoms with Crippen LogP contribution in [0.25, 0.3) is 0 Å². The first-order chi connectivity index (χ1) is 10.1. The number of nitrogens with one attached hydrogen (secondary N) is 1. The van der Waals surface area contributed by atoms with E-state index >= 15 is 0 Å². The van der Waals surface area contributed by atoms with Crippen LogP contribution in [-0.2, 0) is 23.9 Å². The lowest BCUT2D eigenvalue weighted by molar-refractivity contribution is -0.144. The van der Waals surface area contributed by atoms with Crippen LogP contribution in [0.1, 0.15) is 12.8 Å². The topological polar surface area (TPSA) is 202 Å². The molecule has 8 N–H and O–H groups in total. The second-order valence-electron chi connectivity index (χ2n) is 4.44. The van der Waals surface area contributed by atoms with Crippen LogP contribution >= 0.6 is 0 Å². The highest BCUT2D eigenvalue weighted by molar-refractivity contribution is 5.79. The van der Waals surface area contributed by atoms with Gasteiger partial charge in [-0.2, -0.15) is 0 Å². The lowest BCUT2D eigenvalue weighted by atomic mass is 10.1. The van der Waals surface area contributed by atoms with Crippen LogP contribution < -0.4 is 16.8 Å². The van der Waals surface area contributed by atoms with Crippen molar-refractivity contribution in [3.8, 4) is 0 Å². The molecular formula is C11H19N3O8. The fourth-order valence-corrected chi connectivity index (χ4v) is 1.38. The molecular weight excluding hydrogens is 302 g/mol. The van der Waals surface area contributed by atoms with Crippen molar-refractivity contribution in [1.29, 1.82) is 0 Å². The number of hydrogen-bond acceptors (Lipinski definition) is 7. The summed E-state index contributed by atoms with van der Waals surface area (Å²) in [5, 5.41) is 28.8.